The van der Waals surface area contributed by atoms with Gasteiger partial charge in [0.1, 0.15) is 5.82 Å². The van der Waals surface area contributed by atoms with Crippen LogP contribution >= 0.6 is 0 Å². The third-order valence-corrected chi connectivity index (χ3v) is 7.28. The molecular formula is C28H29F. The van der Waals surface area contributed by atoms with Gasteiger partial charge in [0.2, 0.25) is 0 Å². The van der Waals surface area contributed by atoms with E-state index < -0.39 is 0 Å². The summed E-state index contributed by atoms with van der Waals surface area (Å²) in [7, 11) is 0. The van der Waals surface area contributed by atoms with Gasteiger partial charge in [-0.05, 0) is 71.8 Å². The Morgan fingerprint density at radius 2 is 1.28 bits per heavy atom. The Bertz CT molecular complexity index is 985. The second-order valence-corrected chi connectivity index (χ2v) is 9.30. The van der Waals surface area contributed by atoms with Crippen molar-refractivity contribution in [1.29, 1.82) is 0 Å². The van der Waals surface area contributed by atoms with Gasteiger partial charge in [-0.3, -0.25) is 0 Å². The first-order valence-electron chi connectivity index (χ1n) is 11.1. The molecular weight excluding hydrogens is 355 g/mol. The maximum atomic E-state index is 14.8. The van der Waals surface area contributed by atoms with Crippen LogP contribution in [0.15, 0.2) is 66.7 Å². The quantitative estimate of drug-likeness (QED) is 0.429. The van der Waals surface area contributed by atoms with E-state index in [9.17, 15) is 4.39 Å². The van der Waals surface area contributed by atoms with Crippen molar-refractivity contribution in [2.24, 2.45) is 17.8 Å². The zero-order valence-corrected chi connectivity index (χ0v) is 17.4. The zero-order valence-electron chi connectivity index (χ0n) is 17.4. The second kappa shape index (κ2) is 7.44. The van der Waals surface area contributed by atoms with Crippen LogP contribution in [0.2, 0.25) is 0 Å². The highest BCUT2D eigenvalue weighted by molar-refractivity contribution is 5.71. The highest BCUT2D eigenvalue weighted by Gasteiger charge is 2.50. The Balaban J connectivity index is 1.34. The molecule has 3 aromatic rings. The van der Waals surface area contributed by atoms with Crippen LogP contribution in [0.5, 0.6) is 0 Å². The van der Waals surface area contributed by atoms with Crippen molar-refractivity contribution < 1.29 is 4.39 Å². The van der Waals surface area contributed by atoms with Gasteiger partial charge in [-0.1, -0.05) is 86.0 Å². The lowest BCUT2D eigenvalue weighted by Gasteiger charge is -2.10. The topological polar surface area (TPSA) is 0 Å². The SMILES string of the molecule is Cc1ccc(-c2ccc(-c3ccc(C4C5CCC(C)CCC54)cc3)cc2F)cc1. The van der Waals surface area contributed by atoms with E-state index in [4.69, 9.17) is 0 Å². The molecule has 3 aromatic carbocycles. The number of hydrogen-bond acceptors (Lipinski definition) is 0. The van der Waals surface area contributed by atoms with Gasteiger partial charge in [-0.2, -0.15) is 0 Å². The number of aryl methyl sites for hydroxylation is 1. The third-order valence-electron chi connectivity index (χ3n) is 7.28. The molecule has 0 nitrogen and oxygen atoms in total. The molecule has 2 aliphatic rings. The molecule has 148 valence electrons. The molecule has 1 heteroatoms. The summed E-state index contributed by atoms with van der Waals surface area (Å²) in [5.41, 5.74) is 6.30. The van der Waals surface area contributed by atoms with Crippen LogP contribution in [0.1, 0.15) is 49.7 Å². The molecule has 29 heavy (non-hydrogen) atoms. The van der Waals surface area contributed by atoms with Gasteiger partial charge in [0.25, 0.3) is 0 Å². The van der Waals surface area contributed by atoms with Crippen molar-refractivity contribution >= 4 is 0 Å². The Hall–Kier alpha value is -2.41. The van der Waals surface area contributed by atoms with Crippen LogP contribution in [0.3, 0.4) is 0 Å². The summed E-state index contributed by atoms with van der Waals surface area (Å²) in [5.74, 6) is 3.31. The van der Waals surface area contributed by atoms with Crippen LogP contribution in [-0.4, -0.2) is 0 Å². The molecule has 0 spiro atoms. The van der Waals surface area contributed by atoms with Gasteiger partial charge in [0.15, 0.2) is 0 Å². The smallest absolute Gasteiger partial charge is 0.131 e. The largest absolute Gasteiger partial charge is 0.206 e. The molecule has 0 heterocycles. The van der Waals surface area contributed by atoms with Crippen molar-refractivity contribution in [3.05, 3.63) is 83.7 Å². The van der Waals surface area contributed by atoms with Crippen molar-refractivity contribution in [2.45, 2.75) is 45.4 Å². The summed E-state index contributed by atoms with van der Waals surface area (Å²) in [6, 6.07) is 22.6. The summed E-state index contributed by atoms with van der Waals surface area (Å²) in [6.07, 6.45) is 5.57. The fourth-order valence-electron chi connectivity index (χ4n) is 5.38. The molecule has 0 N–H and O–H groups in total. The van der Waals surface area contributed by atoms with Crippen molar-refractivity contribution in [2.75, 3.05) is 0 Å². The molecule has 2 aliphatic carbocycles. The van der Waals surface area contributed by atoms with E-state index in [1.165, 1.54) is 36.8 Å². The average Bonchev–Trinajstić information content (AvgIpc) is 3.47. The molecule has 5 rings (SSSR count). The van der Waals surface area contributed by atoms with Crippen LogP contribution in [0.4, 0.5) is 4.39 Å². The van der Waals surface area contributed by atoms with Gasteiger partial charge < -0.3 is 0 Å². The first-order valence-corrected chi connectivity index (χ1v) is 11.1. The molecule has 2 atom stereocenters. The fraction of sp³-hybridized carbons (Fsp3) is 0.357. The minimum absolute atomic E-state index is 0.158. The molecule has 0 amide bonds. The van der Waals surface area contributed by atoms with E-state index in [1.807, 2.05) is 43.3 Å². The monoisotopic (exact) mass is 384 g/mol. The molecule has 0 saturated heterocycles. The normalized spacial score (nSPS) is 25.9. The lowest BCUT2D eigenvalue weighted by molar-refractivity contribution is 0.470. The lowest BCUT2D eigenvalue weighted by atomic mass is 9.95. The average molecular weight is 385 g/mol. The van der Waals surface area contributed by atoms with Gasteiger partial charge in [-0.25, -0.2) is 4.39 Å². The van der Waals surface area contributed by atoms with E-state index >= 15 is 0 Å². The van der Waals surface area contributed by atoms with E-state index in [2.05, 4.69) is 31.2 Å². The standard InChI is InChI=1S/C28H29F/c1-18-3-7-21(8-4-18)24-16-13-23(17-27(24)29)20-9-11-22(12-10-20)28-25-14-5-19(2)6-15-26(25)28/h3-4,7-13,16-17,19,25-26,28H,5-6,14-15H2,1-2H3. The second-order valence-electron chi connectivity index (χ2n) is 9.30. The maximum Gasteiger partial charge on any atom is 0.131 e. The molecule has 2 saturated carbocycles. The molecule has 0 bridgehead atoms. The molecule has 2 unspecified atom stereocenters. The number of benzene rings is 3. The van der Waals surface area contributed by atoms with Crippen LogP contribution in [0, 0.1) is 30.5 Å². The lowest BCUT2D eigenvalue weighted by Crippen LogP contribution is -1.95. The summed E-state index contributed by atoms with van der Waals surface area (Å²) in [5, 5.41) is 0. The highest BCUT2D eigenvalue weighted by atomic mass is 19.1. The van der Waals surface area contributed by atoms with Crippen LogP contribution in [-0.2, 0) is 0 Å². The number of halogens is 1. The van der Waals surface area contributed by atoms with Gasteiger partial charge in [-0.15, -0.1) is 0 Å². The summed E-state index contributed by atoms with van der Waals surface area (Å²) in [4.78, 5) is 0. The summed E-state index contributed by atoms with van der Waals surface area (Å²) in [6.45, 7) is 4.45. The first kappa shape index (κ1) is 18.6. The fourth-order valence-corrected chi connectivity index (χ4v) is 5.38. The first-order chi connectivity index (χ1) is 14.1. The maximum absolute atomic E-state index is 14.8. The predicted molar refractivity (Wildman–Crippen MR) is 119 cm³/mol. The van der Waals surface area contributed by atoms with Gasteiger partial charge in [0.05, 0.1) is 0 Å². The van der Waals surface area contributed by atoms with E-state index in [0.717, 1.165) is 40.4 Å². The molecule has 0 aromatic heterocycles. The predicted octanol–water partition coefficient (Wildman–Crippen LogP) is 8.01. The van der Waals surface area contributed by atoms with Crippen LogP contribution in [0.25, 0.3) is 22.3 Å². The van der Waals surface area contributed by atoms with Crippen molar-refractivity contribution in [3.63, 3.8) is 0 Å². The van der Waals surface area contributed by atoms with Gasteiger partial charge >= 0.3 is 0 Å². The van der Waals surface area contributed by atoms with Gasteiger partial charge in [0, 0.05) is 5.56 Å². The van der Waals surface area contributed by atoms with Crippen molar-refractivity contribution in [3.8, 4) is 22.3 Å². The minimum Gasteiger partial charge on any atom is -0.206 e. The third kappa shape index (κ3) is 3.64. The minimum atomic E-state index is -0.158. The molecule has 0 radical (unpaired) electrons. The van der Waals surface area contributed by atoms with Crippen molar-refractivity contribution in [1.82, 2.24) is 0 Å². The van der Waals surface area contributed by atoms with E-state index in [0.29, 0.717) is 5.56 Å². The highest BCUT2D eigenvalue weighted by Crippen LogP contribution is 2.60. The molecule has 0 aliphatic heterocycles. The Kier molecular flexibility index (Phi) is 4.78. The Morgan fingerprint density at radius 3 is 1.90 bits per heavy atom. The Morgan fingerprint density at radius 1 is 0.690 bits per heavy atom. The summed E-state index contributed by atoms with van der Waals surface area (Å²) < 4.78 is 14.8. The summed E-state index contributed by atoms with van der Waals surface area (Å²) >= 11 is 0. The molecule has 2 fully saturated rings. The number of fused-ring (bicyclic) bond motifs is 1. The number of hydrogen-bond donors (Lipinski definition) is 0. The van der Waals surface area contributed by atoms with E-state index in [1.54, 1.807) is 6.07 Å². The van der Waals surface area contributed by atoms with E-state index in [-0.39, 0.29) is 5.82 Å². The zero-order chi connectivity index (χ0) is 20.0. The number of rotatable bonds is 3. The van der Waals surface area contributed by atoms with Crippen LogP contribution < -0.4 is 0 Å². The Labute approximate surface area is 173 Å².